The fraction of sp³-hybridized carbons (Fsp3) is 0.615. The van der Waals surface area contributed by atoms with Crippen molar-refractivity contribution in [3.05, 3.63) is 0 Å². The van der Waals surface area contributed by atoms with Crippen LogP contribution in [0.3, 0.4) is 0 Å². The van der Waals surface area contributed by atoms with E-state index in [1.807, 2.05) is 5.32 Å². The lowest BCUT2D eigenvalue weighted by molar-refractivity contribution is -0.144. The first-order valence-corrected chi connectivity index (χ1v) is 7.21. The summed E-state index contributed by atoms with van der Waals surface area (Å²) in [5.41, 5.74) is 5.33. The minimum Gasteiger partial charge on any atom is -0.481 e. The molecule has 0 saturated carbocycles. The van der Waals surface area contributed by atoms with E-state index in [1.165, 1.54) is 13.8 Å². The van der Waals surface area contributed by atoms with E-state index in [0.717, 1.165) is 0 Å². The van der Waals surface area contributed by atoms with E-state index < -0.39 is 66.9 Å². The molecule has 8 N–H and O–H groups in total. The molecule has 25 heavy (non-hydrogen) atoms. The number of aliphatic carboxylic acids is 2. The van der Waals surface area contributed by atoms with Gasteiger partial charge in [-0.2, -0.15) is 0 Å². The molecule has 0 saturated heterocycles. The lowest BCUT2D eigenvalue weighted by Gasteiger charge is -2.21. The molecule has 0 bridgehead atoms. The van der Waals surface area contributed by atoms with Gasteiger partial charge in [0.15, 0.2) is 0 Å². The van der Waals surface area contributed by atoms with Crippen molar-refractivity contribution in [2.75, 3.05) is 6.61 Å². The number of carbonyl (C=O) groups excluding carboxylic acids is 3. The van der Waals surface area contributed by atoms with E-state index in [0.29, 0.717) is 0 Å². The van der Waals surface area contributed by atoms with Crippen LogP contribution in [0.25, 0.3) is 0 Å². The number of rotatable bonds is 10. The molecule has 0 rings (SSSR count). The lowest BCUT2D eigenvalue weighted by atomic mass is 10.1. The van der Waals surface area contributed by atoms with Crippen LogP contribution in [0.4, 0.5) is 0 Å². The van der Waals surface area contributed by atoms with Crippen molar-refractivity contribution in [1.29, 1.82) is 0 Å². The van der Waals surface area contributed by atoms with E-state index in [9.17, 15) is 24.0 Å². The van der Waals surface area contributed by atoms with E-state index in [4.69, 9.17) is 21.1 Å². The zero-order valence-corrected chi connectivity index (χ0v) is 13.7. The predicted molar refractivity (Wildman–Crippen MR) is 82.1 cm³/mol. The van der Waals surface area contributed by atoms with Crippen LogP contribution in [0.2, 0.25) is 0 Å². The van der Waals surface area contributed by atoms with Gasteiger partial charge in [0.05, 0.1) is 19.1 Å². The normalized spacial score (nSPS) is 15.2. The van der Waals surface area contributed by atoms with Crippen molar-refractivity contribution in [1.82, 2.24) is 16.0 Å². The molecular weight excluding hydrogens is 340 g/mol. The molecule has 0 aromatic rings. The molecule has 0 spiro atoms. The summed E-state index contributed by atoms with van der Waals surface area (Å²) in [5.74, 6) is -5.47. The third-order valence-corrected chi connectivity index (χ3v) is 2.97. The summed E-state index contributed by atoms with van der Waals surface area (Å²) in [5, 5.41) is 32.7. The number of hydrogen-bond acceptors (Lipinski definition) is 7. The largest absolute Gasteiger partial charge is 0.481 e. The summed E-state index contributed by atoms with van der Waals surface area (Å²) in [6.07, 6.45) is -0.743. The summed E-state index contributed by atoms with van der Waals surface area (Å²) in [7, 11) is 0. The van der Waals surface area contributed by atoms with Crippen LogP contribution >= 0.6 is 0 Å². The maximum atomic E-state index is 12.1. The zero-order valence-electron chi connectivity index (χ0n) is 13.7. The highest BCUT2D eigenvalue weighted by Crippen LogP contribution is 1.97. The first-order valence-electron chi connectivity index (χ1n) is 7.21. The van der Waals surface area contributed by atoms with E-state index in [-0.39, 0.29) is 0 Å². The smallest absolute Gasteiger partial charge is 0.328 e. The van der Waals surface area contributed by atoms with Gasteiger partial charge >= 0.3 is 11.9 Å². The van der Waals surface area contributed by atoms with E-state index >= 15 is 0 Å². The Morgan fingerprint density at radius 3 is 1.80 bits per heavy atom. The third-order valence-electron chi connectivity index (χ3n) is 2.97. The average Bonchev–Trinajstić information content (AvgIpc) is 2.50. The van der Waals surface area contributed by atoms with Gasteiger partial charge in [0.1, 0.15) is 18.1 Å². The molecule has 0 radical (unpaired) electrons. The number of carboxylic acids is 2. The maximum absolute atomic E-state index is 12.1. The zero-order chi connectivity index (χ0) is 19.7. The first kappa shape index (κ1) is 22.3. The van der Waals surface area contributed by atoms with E-state index in [1.54, 1.807) is 0 Å². The monoisotopic (exact) mass is 362 g/mol. The summed E-state index contributed by atoms with van der Waals surface area (Å²) in [4.78, 5) is 57.0. The number of carboxylic acid groups (broad SMARTS) is 2. The van der Waals surface area contributed by atoms with Crippen LogP contribution in [-0.4, -0.2) is 75.8 Å². The topological polar surface area (TPSA) is 208 Å². The molecule has 0 aromatic heterocycles. The summed E-state index contributed by atoms with van der Waals surface area (Å²) < 4.78 is 0. The average molecular weight is 362 g/mol. The van der Waals surface area contributed by atoms with Crippen molar-refractivity contribution >= 4 is 29.7 Å². The standard InChI is InChI=1S/C13H22N4O8/c1-5(14)10(21)16-7(3-9(19)20)12(23)15-6(2)11(22)17-8(4-18)13(24)25/h5-8,18H,3-4,14H2,1-2H3,(H,15,23)(H,16,21)(H,17,22)(H,19,20)(H,24,25). The van der Waals surface area contributed by atoms with Gasteiger partial charge in [0.25, 0.3) is 0 Å². The summed E-state index contributed by atoms with van der Waals surface area (Å²) in [6, 6.07) is -5.26. The minimum atomic E-state index is -1.56. The van der Waals surface area contributed by atoms with Gasteiger partial charge in [0, 0.05) is 0 Å². The van der Waals surface area contributed by atoms with Gasteiger partial charge in [-0.15, -0.1) is 0 Å². The Balaban J connectivity index is 4.90. The Morgan fingerprint density at radius 2 is 1.40 bits per heavy atom. The fourth-order valence-electron chi connectivity index (χ4n) is 1.55. The Morgan fingerprint density at radius 1 is 0.880 bits per heavy atom. The Labute approximate surface area is 142 Å². The van der Waals surface area contributed by atoms with Crippen LogP contribution in [0.15, 0.2) is 0 Å². The van der Waals surface area contributed by atoms with Crippen LogP contribution in [-0.2, 0) is 24.0 Å². The van der Waals surface area contributed by atoms with Crippen LogP contribution < -0.4 is 21.7 Å². The molecular formula is C13H22N4O8. The molecule has 4 atom stereocenters. The van der Waals surface area contributed by atoms with Gasteiger partial charge in [-0.05, 0) is 13.8 Å². The Kier molecular flexibility index (Phi) is 9.09. The van der Waals surface area contributed by atoms with Crippen LogP contribution in [0.5, 0.6) is 0 Å². The second-order valence-electron chi connectivity index (χ2n) is 5.26. The highest BCUT2D eigenvalue weighted by Gasteiger charge is 2.28. The summed E-state index contributed by atoms with van der Waals surface area (Å²) in [6.45, 7) is 1.70. The SMILES string of the molecule is CC(N)C(=O)NC(CC(=O)O)C(=O)NC(C)C(=O)NC(CO)C(=O)O. The molecule has 0 aliphatic rings. The van der Waals surface area contributed by atoms with Crippen molar-refractivity contribution in [3.63, 3.8) is 0 Å². The molecule has 0 heterocycles. The number of amides is 3. The Hall–Kier alpha value is -2.73. The maximum Gasteiger partial charge on any atom is 0.328 e. The van der Waals surface area contributed by atoms with Crippen LogP contribution in [0.1, 0.15) is 20.3 Å². The number of carbonyl (C=O) groups is 5. The molecule has 3 amide bonds. The van der Waals surface area contributed by atoms with Crippen molar-refractivity contribution in [2.45, 2.75) is 44.4 Å². The first-order chi connectivity index (χ1) is 11.5. The Bertz CT molecular complexity index is 536. The molecule has 0 aliphatic carbocycles. The highest BCUT2D eigenvalue weighted by molar-refractivity contribution is 5.95. The van der Waals surface area contributed by atoms with E-state index in [2.05, 4.69) is 10.6 Å². The molecule has 0 aromatic carbocycles. The molecule has 0 aliphatic heterocycles. The van der Waals surface area contributed by atoms with Gasteiger partial charge in [0.2, 0.25) is 17.7 Å². The quantitative estimate of drug-likeness (QED) is 0.204. The van der Waals surface area contributed by atoms with Crippen molar-refractivity contribution in [3.8, 4) is 0 Å². The van der Waals surface area contributed by atoms with Crippen molar-refractivity contribution in [2.24, 2.45) is 5.73 Å². The molecule has 0 fully saturated rings. The number of nitrogens with one attached hydrogen (secondary N) is 3. The number of hydrogen-bond donors (Lipinski definition) is 7. The molecule has 12 nitrogen and oxygen atoms in total. The number of nitrogens with two attached hydrogens (primary N) is 1. The second-order valence-corrected chi connectivity index (χ2v) is 5.26. The second kappa shape index (κ2) is 10.2. The lowest BCUT2D eigenvalue weighted by Crippen LogP contribution is -2.56. The number of aliphatic hydroxyl groups is 1. The van der Waals surface area contributed by atoms with Crippen LogP contribution in [0, 0.1) is 0 Å². The molecule has 142 valence electrons. The van der Waals surface area contributed by atoms with Gasteiger partial charge in [-0.25, -0.2) is 4.79 Å². The molecule has 4 unspecified atom stereocenters. The highest BCUT2D eigenvalue weighted by atomic mass is 16.4. The predicted octanol–water partition coefficient (Wildman–Crippen LogP) is -3.64. The van der Waals surface area contributed by atoms with Crippen molar-refractivity contribution < 1.29 is 39.3 Å². The molecule has 12 heteroatoms. The number of aliphatic hydroxyl groups excluding tert-OH is 1. The van der Waals surface area contributed by atoms with Gasteiger partial charge in [-0.1, -0.05) is 0 Å². The van der Waals surface area contributed by atoms with Gasteiger partial charge < -0.3 is 37.0 Å². The van der Waals surface area contributed by atoms with Gasteiger partial charge in [-0.3, -0.25) is 19.2 Å². The third kappa shape index (κ3) is 8.08. The summed E-state index contributed by atoms with van der Waals surface area (Å²) >= 11 is 0. The minimum absolute atomic E-state index is 0.743. The fourth-order valence-corrected chi connectivity index (χ4v) is 1.55.